The van der Waals surface area contributed by atoms with Crippen molar-refractivity contribution in [3.63, 3.8) is 0 Å². The van der Waals surface area contributed by atoms with Crippen LogP contribution in [0.5, 0.6) is 5.75 Å². The number of benzene rings is 2. The molecule has 2 aromatic heterocycles. The zero-order valence-electron chi connectivity index (χ0n) is 20.6. The van der Waals surface area contributed by atoms with Crippen LogP contribution in [0.25, 0.3) is 11.0 Å². The molecule has 0 radical (unpaired) electrons. The number of carbonyl (C=O) groups excluding carboxylic acids is 3. The van der Waals surface area contributed by atoms with Gasteiger partial charge >= 0.3 is 5.97 Å². The number of hydrogen-bond donors (Lipinski definition) is 1. The van der Waals surface area contributed by atoms with Crippen LogP contribution >= 0.6 is 0 Å². The Morgan fingerprint density at radius 1 is 0.946 bits per heavy atom. The fraction of sp³-hybridized carbons (Fsp3) is 0.179. The van der Waals surface area contributed by atoms with E-state index in [2.05, 4.69) is 10.3 Å². The number of anilines is 1. The number of amides is 1. The van der Waals surface area contributed by atoms with Gasteiger partial charge in [0.05, 0.1) is 30.2 Å². The molecular formula is C28H25N3O6. The van der Waals surface area contributed by atoms with Crippen molar-refractivity contribution in [3.05, 3.63) is 99.5 Å². The number of fused-ring (bicyclic) bond motifs is 1. The summed E-state index contributed by atoms with van der Waals surface area (Å²) in [5.74, 6) is -0.742. The van der Waals surface area contributed by atoms with Crippen molar-refractivity contribution in [2.24, 2.45) is 0 Å². The summed E-state index contributed by atoms with van der Waals surface area (Å²) in [5.41, 5.74) is 1.57. The number of ketones is 1. The van der Waals surface area contributed by atoms with E-state index in [9.17, 15) is 19.2 Å². The molecule has 1 amide bonds. The van der Waals surface area contributed by atoms with Crippen molar-refractivity contribution in [1.82, 2.24) is 9.55 Å². The zero-order valence-corrected chi connectivity index (χ0v) is 20.6. The summed E-state index contributed by atoms with van der Waals surface area (Å²) < 4.78 is 11.6. The molecule has 0 unspecified atom stereocenters. The highest BCUT2D eigenvalue weighted by Gasteiger charge is 2.19. The molecule has 0 aliphatic rings. The summed E-state index contributed by atoms with van der Waals surface area (Å²) in [4.78, 5) is 55.6. The number of aromatic nitrogens is 2. The quantitative estimate of drug-likeness (QED) is 0.290. The first kappa shape index (κ1) is 25.3. The third-order valence-electron chi connectivity index (χ3n) is 5.65. The number of nitrogens with one attached hydrogen (secondary N) is 1. The molecule has 0 bridgehead atoms. The lowest BCUT2D eigenvalue weighted by molar-refractivity contribution is -0.116. The molecule has 0 aliphatic carbocycles. The number of aryl methyl sites for hydroxylation is 1. The average molecular weight is 500 g/mol. The van der Waals surface area contributed by atoms with Crippen LogP contribution in [0.3, 0.4) is 0 Å². The second-order valence-electron chi connectivity index (χ2n) is 8.23. The van der Waals surface area contributed by atoms with Crippen molar-refractivity contribution in [2.75, 3.05) is 19.0 Å². The van der Waals surface area contributed by atoms with Crippen LogP contribution in [0.15, 0.2) is 71.7 Å². The summed E-state index contributed by atoms with van der Waals surface area (Å²) in [6.45, 7) is 3.56. The number of pyridine rings is 2. The lowest BCUT2D eigenvalue weighted by atomic mass is 10.0. The first-order valence-electron chi connectivity index (χ1n) is 11.6. The largest absolute Gasteiger partial charge is 0.497 e. The number of methoxy groups -OCH3 is 1. The van der Waals surface area contributed by atoms with Crippen molar-refractivity contribution in [3.8, 4) is 5.75 Å². The lowest BCUT2D eigenvalue weighted by Gasteiger charge is -2.13. The highest BCUT2D eigenvalue weighted by molar-refractivity contribution is 6.10. The van der Waals surface area contributed by atoms with E-state index in [0.717, 1.165) is 0 Å². The van der Waals surface area contributed by atoms with Gasteiger partial charge in [0.1, 0.15) is 17.9 Å². The first-order chi connectivity index (χ1) is 17.8. The summed E-state index contributed by atoms with van der Waals surface area (Å²) in [7, 11) is 1.52. The third-order valence-corrected chi connectivity index (χ3v) is 5.65. The monoisotopic (exact) mass is 499 g/mol. The van der Waals surface area contributed by atoms with E-state index < -0.39 is 23.1 Å². The fourth-order valence-corrected chi connectivity index (χ4v) is 3.80. The average Bonchev–Trinajstić information content (AvgIpc) is 2.90. The van der Waals surface area contributed by atoms with Crippen LogP contribution in [0, 0.1) is 6.92 Å². The van der Waals surface area contributed by atoms with Crippen LogP contribution < -0.4 is 15.5 Å². The van der Waals surface area contributed by atoms with Gasteiger partial charge in [-0.2, -0.15) is 0 Å². The van der Waals surface area contributed by atoms with Crippen LogP contribution in [0.2, 0.25) is 0 Å². The Labute approximate surface area is 212 Å². The fourth-order valence-electron chi connectivity index (χ4n) is 3.80. The summed E-state index contributed by atoms with van der Waals surface area (Å²) in [5, 5.41) is 2.99. The molecule has 1 N–H and O–H groups in total. The van der Waals surface area contributed by atoms with E-state index in [0.29, 0.717) is 33.9 Å². The molecule has 9 heteroatoms. The number of ether oxygens (including phenoxy) is 2. The zero-order chi connectivity index (χ0) is 26.5. The number of carbonyl (C=O) groups is 3. The van der Waals surface area contributed by atoms with Crippen molar-refractivity contribution < 1.29 is 23.9 Å². The standard InChI is InChI=1S/C28H25N3O6/c1-4-37-28(35)19-6-10-20(11-7-19)30-24(32)16-31-15-23(25(33)18-8-12-21(36-3)13-9-18)26(34)22-14-5-17(2)29-27(22)31/h5-15H,4,16H2,1-3H3,(H,30,32). The molecule has 2 aromatic carbocycles. The Hall–Kier alpha value is -4.79. The Kier molecular flexibility index (Phi) is 7.43. The number of esters is 1. The molecule has 4 rings (SSSR count). The lowest BCUT2D eigenvalue weighted by Crippen LogP contribution is -2.25. The van der Waals surface area contributed by atoms with E-state index in [1.54, 1.807) is 74.5 Å². The van der Waals surface area contributed by atoms with Gasteiger partial charge in [-0.15, -0.1) is 0 Å². The molecule has 37 heavy (non-hydrogen) atoms. The minimum absolute atomic E-state index is 0.0742. The first-order valence-corrected chi connectivity index (χ1v) is 11.6. The normalized spacial score (nSPS) is 10.7. The van der Waals surface area contributed by atoms with Gasteiger partial charge in [0.25, 0.3) is 0 Å². The Morgan fingerprint density at radius 3 is 2.27 bits per heavy atom. The molecule has 0 saturated carbocycles. The smallest absolute Gasteiger partial charge is 0.338 e. The van der Waals surface area contributed by atoms with Crippen LogP contribution in [0.4, 0.5) is 5.69 Å². The maximum atomic E-state index is 13.2. The van der Waals surface area contributed by atoms with E-state index in [1.807, 2.05) is 0 Å². The number of hydrogen-bond acceptors (Lipinski definition) is 7. The molecule has 9 nitrogen and oxygen atoms in total. The van der Waals surface area contributed by atoms with Crippen LogP contribution in [-0.4, -0.2) is 40.9 Å². The van der Waals surface area contributed by atoms with Gasteiger partial charge in [0.15, 0.2) is 5.78 Å². The van der Waals surface area contributed by atoms with Gasteiger partial charge in [-0.1, -0.05) is 0 Å². The second kappa shape index (κ2) is 10.9. The van der Waals surface area contributed by atoms with E-state index in [1.165, 1.54) is 17.9 Å². The maximum Gasteiger partial charge on any atom is 0.338 e. The van der Waals surface area contributed by atoms with Gasteiger partial charge in [0.2, 0.25) is 11.3 Å². The molecule has 0 saturated heterocycles. The Morgan fingerprint density at radius 2 is 1.62 bits per heavy atom. The predicted molar refractivity (Wildman–Crippen MR) is 138 cm³/mol. The molecule has 188 valence electrons. The molecule has 0 spiro atoms. The number of nitrogens with zero attached hydrogens (tertiary/aromatic N) is 2. The van der Waals surface area contributed by atoms with Crippen LogP contribution in [0.1, 0.15) is 38.9 Å². The van der Waals surface area contributed by atoms with Gasteiger partial charge in [-0.25, -0.2) is 9.78 Å². The van der Waals surface area contributed by atoms with Gasteiger partial charge in [0, 0.05) is 23.1 Å². The highest BCUT2D eigenvalue weighted by Crippen LogP contribution is 2.17. The van der Waals surface area contributed by atoms with Gasteiger partial charge in [-0.3, -0.25) is 14.4 Å². The predicted octanol–water partition coefficient (Wildman–Crippen LogP) is 3.76. The molecular weight excluding hydrogens is 474 g/mol. The minimum Gasteiger partial charge on any atom is -0.497 e. The van der Waals surface area contributed by atoms with E-state index >= 15 is 0 Å². The SMILES string of the molecule is CCOC(=O)c1ccc(NC(=O)Cn2cc(C(=O)c3ccc(OC)cc3)c(=O)c3ccc(C)nc32)cc1. The molecule has 0 fully saturated rings. The minimum atomic E-state index is -0.473. The topological polar surface area (TPSA) is 117 Å². The molecule has 0 aliphatic heterocycles. The summed E-state index contributed by atoms with van der Waals surface area (Å²) in [6, 6.07) is 16.0. The van der Waals surface area contributed by atoms with Gasteiger partial charge in [-0.05, 0) is 74.5 Å². The molecule has 2 heterocycles. The number of rotatable bonds is 8. The third kappa shape index (κ3) is 5.56. The van der Waals surface area contributed by atoms with E-state index in [4.69, 9.17) is 9.47 Å². The van der Waals surface area contributed by atoms with Gasteiger partial charge < -0.3 is 19.4 Å². The van der Waals surface area contributed by atoms with Crippen molar-refractivity contribution in [1.29, 1.82) is 0 Å². The summed E-state index contributed by atoms with van der Waals surface area (Å²) in [6.07, 6.45) is 1.37. The maximum absolute atomic E-state index is 13.2. The van der Waals surface area contributed by atoms with Crippen molar-refractivity contribution >= 4 is 34.4 Å². The molecule has 4 aromatic rings. The van der Waals surface area contributed by atoms with E-state index in [-0.39, 0.29) is 24.1 Å². The van der Waals surface area contributed by atoms with Crippen LogP contribution in [-0.2, 0) is 16.1 Å². The Balaban J connectivity index is 1.65. The molecule has 0 atom stereocenters. The van der Waals surface area contributed by atoms with Crippen molar-refractivity contribution in [2.45, 2.75) is 20.4 Å². The summed E-state index contributed by atoms with van der Waals surface area (Å²) >= 11 is 0. The second-order valence-corrected chi connectivity index (χ2v) is 8.23. The highest BCUT2D eigenvalue weighted by atomic mass is 16.5. The Bertz CT molecular complexity index is 1540.